The molecule has 0 saturated heterocycles. The van der Waals surface area contributed by atoms with Crippen LogP contribution in [0, 0.1) is 0 Å². The molecule has 6 heteroatoms. The average Bonchev–Trinajstić information content (AvgIpc) is 2.74. The Kier molecular flexibility index (Phi) is 4.11. The lowest BCUT2D eigenvalue weighted by atomic mass is 10.0. The standard InChI is InChI=1S/C13H14F2N2O2/c1-17-8-9(7-16-17)6-11(18)10-4-2-3-5-12(10)19-13(14)15/h2-5,7-8,11,13,18H,6H2,1H3. The molecule has 1 unspecified atom stereocenters. The molecule has 1 N–H and O–H groups in total. The number of aliphatic hydroxyl groups excluding tert-OH is 1. The van der Waals surface area contributed by atoms with Crippen LogP contribution in [-0.4, -0.2) is 21.5 Å². The van der Waals surface area contributed by atoms with Crippen LogP contribution in [0.3, 0.4) is 0 Å². The largest absolute Gasteiger partial charge is 0.434 e. The van der Waals surface area contributed by atoms with Gasteiger partial charge >= 0.3 is 6.61 Å². The third-order valence-corrected chi connectivity index (χ3v) is 2.68. The fourth-order valence-electron chi connectivity index (χ4n) is 1.87. The quantitative estimate of drug-likeness (QED) is 0.905. The van der Waals surface area contributed by atoms with Gasteiger partial charge in [-0.2, -0.15) is 13.9 Å². The minimum Gasteiger partial charge on any atom is -0.434 e. The van der Waals surface area contributed by atoms with Crippen LogP contribution >= 0.6 is 0 Å². The lowest BCUT2D eigenvalue weighted by molar-refractivity contribution is -0.0515. The van der Waals surface area contributed by atoms with Gasteiger partial charge in [0.25, 0.3) is 0 Å². The summed E-state index contributed by atoms with van der Waals surface area (Å²) >= 11 is 0. The molecule has 0 saturated carbocycles. The Bertz CT molecular complexity index is 543. The molecule has 0 aliphatic heterocycles. The number of nitrogens with zero attached hydrogens (tertiary/aromatic N) is 2. The number of para-hydroxylation sites is 1. The van der Waals surface area contributed by atoms with Crippen molar-refractivity contribution in [2.45, 2.75) is 19.1 Å². The summed E-state index contributed by atoms with van der Waals surface area (Å²) < 4.78 is 30.6. The van der Waals surface area contributed by atoms with Crippen LogP contribution in [0.2, 0.25) is 0 Å². The van der Waals surface area contributed by atoms with Crippen molar-refractivity contribution < 1.29 is 18.6 Å². The number of hydrogen-bond donors (Lipinski definition) is 1. The second-order valence-electron chi connectivity index (χ2n) is 4.16. The molecule has 0 spiro atoms. The molecule has 0 amide bonds. The molecule has 1 aromatic carbocycles. The van der Waals surface area contributed by atoms with Crippen molar-refractivity contribution in [3.05, 3.63) is 47.8 Å². The monoisotopic (exact) mass is 268 g/mol. The van der Waals surface area contributed by atoms with Gasteiger partial charge in [-0.05, 0) is 11.6 Å². The predicted octanol–water partition coefficient (Wildman–Crippen LogP) is 2.30. The lowest BCUT2D eigenvalue weighted by Gasteiger charge is -2.15. The van der Waals surface area contributed by atoms with Gasteiger partial charge in [0, 0.05) is 25.2 Å². The smallest absolute Gasteiger partial charge is 0.387 e. The summed E-state index contributed by atoms with van der Waals surface area (Å²) in [5.74, 6) is -0.00566. The minimum absolute atomic E-state index is 0.00566. The molecule has 2 rings (SSSR count). The van der Waals surface area contributed by atoms with Gasteiger partial charge < -0.3 is 9.84 Å². The Morgan fingerprint density at radius 1 is 1.37 bits per heavy atom. The number of aromatic nitrogens is 2. The maximum atomic E-state index is 12.3. The van der Waals surface area contributed by atoms with E-state index < -0.39 is 12.7 Å². The lowest BCUT2D eigenvalue weighted by Crippen LogP contribution is -2.08. The second kappa shape index (κ2) is 5.79. The number of benzene rings is 1. The Labute approximate surface area is 109 Å². The van der Waals surface area contributed by atoms with E-state index in [1.54, 1.807) is 42.3 Å². The van der Waals surface area contributed by atoms with E-state index in [1.807, 2.05) is 0 Å². The fraction of sp³-hybridized carbons (Fsp3) is 0.308. The van der Waals surface area contributed by atoms with Gasteiger partial charge in [0.15, 0.2) is 0 Å². The molecular formula is C13H14F2N2O2. The highest BCUT2D eigenvalue weighted by atomic mass is 19.3. The molecule has 19 heavy (non-hydrogen) atoms. The molecule has 0 aliphatic carbocycles. The molecule has 0 radical (unpaired) electrons. The van der Waals surface area contributed by atoms with Crippen LogP contribution in [0.1, 0.15) is 17.2 Å². The highest BCUT2D eigenvalue weighted by Crippen LogP contribution is 2.28. The van der Waals surface area contributed by atoms with Crippen molar-refractivity contribution >= 4 is 0 Å². The average molecular weight is 268 g/mol. The zero-order valence-electron chi connectivity index (χ0n) is 10.3. The fourth-order valence-corrected chi connectivity index (χ4v) is 1.87. The first-order valence-electron chi connectivity index (χ1n) is 5.75. The number of aliphatic hydroxyl groups is 1. The summed E-state index contributed by atoms with van der Waals surface area (Å²) in [7, 11) is 1.77. The Morgan fingerprint density at radius 3 is 2.74 bits per heavy atom. The summed E-state index contributed by atoms with van der Waals surface area (Å²) in [6.45, 7) is -2.91. The maximum absolute atomic E-state index is 12.3. The van der Waals surface area contributed by atoms with E-state index in [0.717, 1.165) is 5.56 Å². The van der Waals surface area contributed by atoms with Crippen molar-refractivity contribution in [2.24, 2.45) is 7.05 Å². The number of halogens is 2. The van der Waals surface area contributed by atoms with Gasteiger partial charge in [-0.1, -0.05) is 18.2 Å². The van der Waals surface area contributed by atoms with Gasteiger partial charge in [0.1, 0.15) is 5.75 Å². The van der Waals surface area contributed by atoms with Crippen molar-refractivity contribution in [1.82, 2.24) is 9.78 Å². The number of alkyl halides is 2. The van der Waals surface area contributed by atoms with Crippen molar-refractivity contribution in [3.8, 4) is 5.75 Å². The molecule has 0 fully saturated rings. The first-order valence-corrected chi connectivity index (χ1v) is 5.75. The Morgan fingerprint density at radius 2 is 2.11 bits per heavy atom. The third kappa shape index (κ3) is 3.51. The molecule has 0 bridgehead atoms. The normalized spacial score (nSPS) is 12.7. The molecule has 102 valence electrons. The molecule has 1 heterocycles. The predicted molar refractivity (Wildman–Crippen MR) is 64.9 cm³/mol. The van der Waals surface area contributed by atoms with Crippen molar-refractivity contribution in [3.63, 3.8) is 0 Å². The summed E-state index contributed by atoms with van der Waals surface area (Å²) in [5, 5.41) is 14.1. The van der Waals surface area contributed by atoms with Gasteiger partial charge in [-0.15, -0.1) is 0 Å². The summed E-state index contributed by atoms with van der Waals surface area (Å²) in [5.41, 5.74) is 1.16. The van der Waals surface area contributed by atoms with E-state index in [0.29, 0.717) is 5.56 Å². The summed E-state index contributed by atoms with van der Waals surface area (Å²) in [6, 6.07) is 6.23. The van der Waals surface area contributed by atoms with Crippen LogP contribution in [0.4, 0.5) is 8.78 Å². The molecule has 1 atom stereocenters. The van der Waals surface area contributed by atoms with Crippen LogP contribution in [-0.2, 0) is 13.5 Å². The first-order chi connectivity index (χ1) is 9.06. The zero-order chi connectivity index (χ0) is 13.8. The Balaban J connectivity index is 2.16. The van der Waals surface area contributed by atoms with E-state index >= 15 is 0 Å². The van der Waals surface area contributed by atoms with Crippen molar-refractivity contribution in [2.75, 3.05) is 0 Å². The number of ether oxygens (including phenoxy) is 1. The number of aryl methyl sites for hydroxylation is 1. The topological polar surface area (TPSA) is 47.3 Å². The van der Waals surface area contributed by atoms with E-state index in [2.05, 4.69) is 9.84 Å². The van der Waals surface area contributed by atoms with Crippen LogP contribution in [0.5, 0.6) is 5.75 Å². The Hall–Kier alpha value is -1.95. The zero-order valence-corrected chi connectivity index (χ0v) is 10.3. The van der Waals surface area contributed by atoms with Gasteiger partial charge in [0.2, 0.25) is 0 Å². The highest BCUT2D eigenvalue weighted by molar-refractivity contribution is 5.35. The second-order valence-corrected chi connectivity index (χ2v) is 4.16. The molecule has 1 aromatic heterocycles. The first kappa shape index (κ1) is 13.5. The van der Waals surface area contributed by atoms with Crippen LogP contribution in [0.15, 0.2) is 36.7 Å². The summed E-state index contributed by atoms with van der Waals surface area (Å²) in [4.78, 5) is 0. The summed E-state index contributed by atoms with van der Waals surface area (Å²) in [6.07, 6.45) is 2.76. The van der Waals surface area contributed by atoms with Gasteiger partial charge in [-0.25, -0.2) is 0 Å². The SMILES string of the molecule is Cn1cc(CC(O)c2ccccc2OC(F)F)cn1. The van der Waals surface area contributed by atoms with Crippen molar-refractivity contribution in [1.29, 1.82) is 0 Å². The molecular weight excluding hydrogens is 254 g/mol. The van der Waals surface area contributed by atoms with Crippen LogP contribution in [0.25, 0.3) is 0 Å². The van der Waals surface area contributed by atoms with Gasteiger partial charge in [0.05, 0.1) is 12.3 Å². The molecule has 4 nitrogen and oxygen atoms in total. The van der Waals surface area contributed by atoms with E-state index in [1.165, 1.54) is 6.07 Å². The highest BCUT2D eigenvalue weighted by Gasteiger charge is 2.16. The minimum atomic E-state index is -2.91. The molecule has 0 aliphatic rings. The number of rotatable bonds is 5. The molecule has 2 aromatic rings. The van der Waals surface area contributed by atoms with Crippen LogP contribution < -0.4 is 4.74 Å². The van der Waals surface area contributed by atoms with E-state index in [-0.39, 0.29) is 12.2 Å². The number of hydrogen-bond acceptors (Lipinski definition) is 3. The third-order valence-electron chi connectivity index (χ3n) is 2.68. The van der Waals surface area contributed by atoms with Gasteiger partial charge in [-0.3, -0.25) is 4.68 Å². The van der Waals surface area contributed by atoms with E-state index in [4.69, 9.17) is 0 Å². The van der Waals surface area contributed by atoms with E-state index in [9.17, 15) is 13.9 Å². The maximum Gasteiger partial charge on any atom is 0.387 e.